The van der Waals surface area contributed by atoms with Gasteiger partial charge in [0.2, 0.25) is 0 Å². The maximum Gasteiger partial charge on any atom is 0.262 e. The van der Waals surface area contributed by atoms with Gasteiger partial charge in [0.1, 0.15) is 11.6 Å². The Hall–Kier alpha value is -1.79. The van der Waals surface area contributed by atoms with Crippen LogP contribution in [-0.2, 0) is 4.79 Å². The lowest BCUT2D eigenvalue weighted by Crippen LogP contribution is -2.20. The van der Waals surface area contributed by atoms with Gasteiger partial charge in [0, 0.05) is 17.4 Å². The summed E-state index contributed by atoms with van der Waals surface area (Å²) >= 11 is 8.80. The molecule has 2 aromatic carbocycles. The van der Waals surface area contributed by atoms with Crippen LogP contribution in [0.3, 0.4) is 0 Å². The summed E-state index contributed by atoms with van der Waals surface area (Å²) in [5, 5.41) is 2.59. The van der Waals surface area contributed by atoms with Gasteiger partial charge in [-0.2, -0.15) is 0 Å². The number of carbonyl (C=O) groups excluding carboxylic acids is 1. The second-order valence-corrected chi connectivity index (χ2v) is 5.42. The molecule has 2 rings (SSSR count). The van der Waals surface area contributed by atoms with Crippen LogP contribution >= 0.6 is 27.5 Å². The highest BCUT2D eigenvalue weighted by Crippen LogP contribution is 2.30. The average molecular weight is 374 g/mol. The summed E-state index contributed by atoms with van der Waals surface area (Å²) in [5.74, 6) is -0.811. The number of hydrogen-bond donors (Lipinski definition) is 2. The van der Waals surface area contributed by atoms with E-state index in [1.165, 1.54) is 6.07 Å². The lowest BCUT2D eigenvalue weighted by molar-refractivity contribution is -0.118. The van der Waals surface area contributed by atoms with Gasteiger partial charge < -0.3 is 15.8 Å². The maximum atomic E-state index is 13.3. The van der Waals surface area contributed by atoms with Crippen LogP contribution in [0.15, 0.2) is 40.9 Å². The molecule has 0 unspecified atom stereocenters. The number of rotatable bonds is 4. The summed E-state index contributed by atoms with van der Waals surface area (Å²) in [6.07, 6.45) is 0. The first-order chi connectivity index (χ1) is 9.95. The number of nitrogens with two attached hydrogens (primary N) is 1. The predicted octanol–water partition coefficient (Wildman–Crippen LogP) is 3.84. The Balaban J connectivity index is 1.97. The van der Waals surface area contributed by atoms with E-state index in [-0.39, 0.29) is 23.3 Å². The third-order valence-corrected chi connectivity index (χ3v) is 3.41. The van der Waals surface area contributed by atoms with Crippen molar-refractivity contribution in [3.05, 3.63) is 51.7 Å². The molecule has 0 aliphatic rings. The molecular weight excluding hydrogens is 363 g/mol. The molecule has 110 valence electrons. The van der Waals surface area contributed by atoms with Gasteiger partial charge in [-0.15, -0.1) is 0 Å². The van der Waals surface area contributed by atoms with Crippen molar-refractivity contribution in [2.24, 2.45) is 0 Å². The zero-order valence-electron chi connectivity index (χ0n) is 10.7. The highest BCUT2D eigenvalue weighted by Gasteiger charge is 2.10. The van der Waals surface area contributed by atoms with E-state index in [1.54, 1.807) is 24.3 Å². The molecule has 21 heavy (non-hydrogen) atoms. The second-order valence-electron chi connectivity index (χ2n) is 4.16. The Morgan fingerprint density at radius 3 is 2.86 bits per heavy atom. The van der Waals surface area contributed by atoms with E-state index >= 15 is 0 Å². The molecular formula is C14H11BrClFN2O2. The summed E-state index contributed by atoms with van der Waals surface area (Å²) < 4.78 is 19.0. The molecule has 0 bridgehead atoms. The van der Waals surface area contributed by atoms with Gasteiger partial charge in [-0.3, -0.25) is 4.79 Å². The SMILES string of the molecule is Nc1cccc(NC(=O)COc2cc(F)c(Cl)cc2Br)c1. The smallest absolute Gasteiger partial charge is 0.262 e. The molecule has 4 nitrogen and oxygen atoms in total. The minimum absolute atomic E-state index is 0.0292. The van der Waals surface area contributed by atoms with Gasteiger partial charge in [-0.25, -0.2) is 4.39 Å². The quantitative estimate of drug-likeness (QED) is 0.632. The van der Waals surface area contributed by atoms with E-state index in [4.69, 9.17) is 22.1 Å². The van der Waals surface area contributed by atoms with E-state index in [1.807, 2.05) is 0 Å². The van der Waals surface area contributed by atoms with Gasteiger partial charge in [0.25, 0.3) is 5.91 Å². The summed E-state index contributed by atoms with van der Waals surface area (Å²) in [6, 6.07) is 9.22. The monoisotopic (exact) mass is 372 g/mol. The Morgan fingerprint density at radius 1 is 1.38 bits per heavy atom. The Labute approximate surface area is 134 Å². The Kier molecular flexibility index (Phi) is 5.03. The van der Waals surface area contributed by atoms with Crippen LogP contribution in [0.25, 0.3) is 0 Å². The first-order valence-corrected chi connectivity index (χ1v) is 7.05. The predicted molar refractivity (Wildman–Crippen MR) is 84.1 cm³/mol. The molecule has 0 atom stereocenters. The first kappa shape index (κ1) is 15.6. The molecule has 0 aliphatic heterocycles. The first-order valence-electron chi connectivity index (χ1n) is 5.88. The molecule has 0 fully saturated rings. The molecule has 0 aliphatic carbocycles. The van der Waals surface area contributed by atoms with Crippen molar-refractivity contribution in [1.82, 2.24) is 0 Å². The number of nitrogens with one attached hydrogen (secondary N) is 1. The van der Waals surface area contributed by atoms with Crippen molar-refractivity contribution in [2.45, 2.75) is 0 Å². The number of halogens is 3. The normalized spacial score (nSPS) is 10.2. The molecule has 1 amide bonds. The van der Waals surface area contributed by atoms with Gasteiger partial charge in [0.05, 0.1) is 9.50 Å². The van der Waals surface area contributed by atoms with Gasteiger partial charge in [-0.1, -0.05) is 17.7 Å². The largest absolute Gasteiger partial charge is 0.482 e. The molecule has 7 heteroatoms. The second kappa shape index (κ2) is 6.78. The van der Waals surface area contributed by atoms with Gasteiger partial charge in [0.15, 0.2) is 6.61 Å². The molecule has 2 aromatic rings. The van der Waals surface area contributed by atoms with E-state index < -0.39 is 5.82 Å². The van der Waals surface area contributed by atoms with E-state index in [9.17, 15) is 9.18 Å². The van der Waals surface area contributed by atoms with Crippen molar-refractivity contribution >= 4 is 44.8 Å². The van der Waals surface area contributed by atoms with Crippen LogP contribution in [-0.4, -0.2) is 12.5 Å². The fraction of sp³-hybridized carbons (Fsp3) is 0.0714. The molecule has 0 radical (unpaired) electrons. The molecule has 0 saturated heterocycles. The minimum Gasteiger partial charge on any atom is -0.482 e. The topological polar surface area (TPSA) is 64.3 Å². The zero-order chi connectivity index (χ0) is 15.4. The minimum atomic E-state index is -0.619. The number of nitrogen functional groups attached to an aromatic ring is 1. The fourth-order valence-electron chi connectivity index (χ4n) is 1.57. The molecule has 0 aromatic heterocycles. The molecule has 0 spiro atoms. The van der Waals surface area contributed by atoms with Gasteiger partial charge >= 0.3 is 0 Å². The maximum absolute atomic E-state index is 13.3. The van der Waals surface area contributed by atoms with Gasteiger partial charge in [-0.05, 0) is 40.2 Å². The van der Waals surface area contributed by atoms with Crippen molar-refractivity contribution in [3.63, 3.8) is 0 Å². The summed E-state index contributed by atoms with van der Waals surface area (Å²) in [5.41, 5.74) is 6.71. The summed E-state index contributed by atoms with van der Waals surface area (Å²) in [7, 11) is 0. The van der Waals surface area contributed by atoms with Crippen molar-refractivity contribution in [2.75, 3.05) is 17.7 Å². The molecule has 0 heterocycles. The average Bonchev–Trinajstić information content (AvgIpc) is 2.41. The number of amides is 1. The standard InChI is InChI=1S/C14H11BrClFN2O2/c15-10-5-11(16)12(17)6-13(10)21-7-14(20)19-9-3-1-2-8(18)4-9/h1-6H,7,18H2,(H,19,20). The number of hydrogen-bond acceptors (Lipinski definition) is 3. The lowest BCUT2D eigenvalue weighted by atomic mass is 10.3. The molecule has 3 N–H and O–H groups in total. The number of anilines is 2. The van der Waals surface area contributed by atoms with E-state index in [2.05, 4.69) is 21.2 Å². The van der Waals surface area contributed by atoms with Crippen LogP contribution in [0.5, 0.6) is 5.75 Å². The van der Waals surface area contributed by atoms with Crippen LogP contribution in [0.4, 0.5) is 15.8 Å². The third kappa shape index (κ3) is 4.34. The Bertz CT molecular complexity index is 682. The van der Waals surface area contributed by atoms with E-state index in [0.29, 0.717) is 15.8 Å². The summed E-state index contributed by atoms with van der Waals surface area (Å²) in [4.78, 5) is 11.7. The third-order valence-electron chi connectivity index (χ3n) is 2.50. The fourth-order valence-corrected chi connectivity index (χ4v) is 2.33. The van der Waals surface area contributed by atoms with Crippen molar-refractivity contribution in [3.8, 4) is 5.75 Å². The van der Waals surface area contributed by atoms with Crippen molar-refractivity contribution < 1.29 is 13.9 Å². The van der Waals surface area contributed by atoms with E-state index in [0.717, 1.165) is 6.07 Å². The highest BCUT2D eigenvalue weighted by atomic mass is 79.9. The van der Waals surface area contributed by atoms with Crippen LogP contribution in [0.2, 0.25) is 5.02 Å². The van der Waals surface area contributed by atoms with Crippen molar-refractivity contribution in [1.29, 1.82) is 0 Å². The lowest BCUT2D eigenvalue weighted by Gasteiger charge is -2.10. The Morgan fingerprint density at radius 2 is 2.14 bits per heavy atom. The van der Waals surface area contributed by atoms with Crippen LogP contribution in [0, 0.1) is 5.82 Å². The number of carbonyl (C=O) groups is 1. The highest BCUT2D eigenvalue weighted by molar-refractivity contribution is 9.10. The number of ether oxygens (including phenoxy) is 1. The zero-order valence-corrected chi connectivity index (χ0v) is 13.0. The van der Waals surface area contributed by atoms with Crippen LogP contribution < -0.4 is 15.8 Å². The van der Waals surface area contributed by atoms with Crippen LogP contribution in [0.1, 0.15) is 0 Å². The molecule has 0 saturated carbocycles. The summed E-state index contributed by atoms with van der Waals surface area (Å²) in [6.45, 7) is -0.269. The number of benzene rings is 2.